The number of aliphatic hydroxyl groups is 1. The summed E-state index contributed by atoms with van der Waals surface area (Å²) >= 11 is 1.66. The number of carbonyl (C=O) groups excluding carboxylic acids is 1. The van der Waals surface area contributed by atoms with E-state index >= 15 is 0 Å². The molecule has 0 aliphatic carbocycles. The van der Waals surface area contributed by atoms with Crippen molar-refractivity contribution in [2.24, 2.45) is 0 Å². The molecule has 0 unspecified atom stereocenters. The fourth-order valence-electron chi connectivity index (χ4n) is 2.34. The first-order valence-corrected chi connectivity index (χ1v) is 8.42. The molecule has 0 aliphatic rings. The topological polar surface area (TPSA) is 61.4 Å². The van der Waals surface area contributed by atoms with Crippen LogP contribution in [0.2, 0.25) is 0 Å². The number of hydrogen-bond donors (Lipinski definition) is 3. The molecule has 1 heterocycles. The Labute approximate surface area is 135 Å². The molecule has 0 saturated heterocycles. The summed E-state index contributed by atoms with van der Waals surface area (Å²) in [6, 6.07) is 11.7. The minimum absolute atomic E-state index is 0.156. The van der Waals surface area contributed by atoms with E-state index in [1.54, 1.807) is 11.3 Å². The van der Waals surface area contributed by atoms with E-state index < -0.39 is 0 Å². The van der Waals surface area contributed by atoms with Gasteiger partial charge in [0.1, 0.15) is 0 Å². The van der Waals surface area contributed by atoms with Crippen molar-refractivity contribution in [3.05, 3.63) is 58.3 Å². The van der Waals surface area contributed by atoms with E-state index in [1.165, 1.54) is 5.56 Å². The fraction of sp³-hybridized carbons (Fsp3) is 0.353. The third-order valence-electron chi connectivity index (χ3n) is 3.57. The molecule has 1 atom stereocenters. The summed E-state index contributed by atoms with van der Waals surface area (Å²) in [5, 5.41) is 19.0. The van der Waals surface area contributed by atoms with Crippen molar-refractivity contribution in [1.29, 1.82) is 0 Å². The standard InChI is InChI=1S/C17H22N2O2S/c20-10-7-15(16-8-11-22-13-16)6-9-18-17(21)19-12-14-4-2-1-3-5-14/h1-5,8,11,13,15,20H,6-7,9-10,12H2,(H2,18,19,21)/t15-/m0/s1. The van der Waals surface area contributed by atoms with Gasteiger partial charge >= 0.3 is 6.03 Å². The molecule has 0 bridgehead atoms. The lowest BCUT2D eigenvalue weighted by molar-refractivity contribution is 0.239. The summed E-state index contributed by atoms with van der Waals surface area (Å²) in [5.41, 5.74) is 2.32. The third kappa shape index (κ3) is 5.50. The summed E-state index contributed by atoms with van der Waals surface area (Å²) in [6.45, 7) is 1.29. The van der Waals surface area contributed by atoms with Crippen molar-refractivity contribution in [2.75, 3.05) is 13.2 Å². The van der Waals surface area contributed by atoms with Gasteiger partial charge in [-0.1, -0.05) is 30.3 Å². The van der Waals surface area contributed by atoms with Crippen LogP contribution in [0.5, 0.6) is 0 Å². The van der Waals surface area contributed by atoms with Gasteiger partial charge in [0.15, 0.2) is 0 Å². The van der Waals surface area contributed by atoms with Gasteiger partial charge in [0.25, 0.3) is 0 Å². The van der Waals surface area contributed by atoms with Crippen LogP contribution in [0.25, 0.3) is 0 Å². The maximum Gasteiger partial charge on any atom is 0.315 e. The van der Waals surface area contributed by atoms with Crippen LogP contribution < -0.4 is 10.6 Å². The van der Waals surface area contributed by atoms with Crippen LogP contribution in [0.4, 0.5) is 4.79 Å². The lowest BCUT2D eigenvalue weighted by atomic mass is 9.95. The molecular formula is C17H22N2O2S. The molecule has 118 valence electrons. The number of aliphatic hydroxyl groups excluding tert-OH is 1. The van der Waals surface area contributed by atoms with Crippen molar-refractivity contribution in [3.8, 4) is 0 Å². The lowest BCUT2D eigenvalue weighted by Gasteiger charge is -2.15. The number of thiophene rings is 1. The van der Waals surface area contributed by atoms with Crippen molar-refractivity contribution in [2.45, 2.75) is 25.3 Å². The second kappa shape index (κ2) is 9.23. The summed E-state index contributed by atoms with van der Waals surface area (Å²) in [7, 11) is 0. The fourth-order valence-corrected chi connectivity index (χ4v) is 3.08. The molecular weight excluding hydrogens is 296 g/mol. The Bertz CT molecular complexity index is 543. The first-order chi connectivity index (χ1) is 10.8. The smallest absolute Gasteiger partial charge is 0.315 e. The number of benzene rings is 1. The molecule has 5 heteroatoms. The SMILES string of the molecule is O=C(NCC[C@@H](CCO)c1ccsc1)NCc1ccccc1. The molecule has 0 saturated carbocycles. The van der Waals surface area contributed by atoms with Crippen LogP contribution in [0.3, 0.4) is 0 Å². The number of urea groups is 1. The van der Waals surface area contributed by atoms with Gasteiger partial charge in [-0.15, -0.1) is 0 Å². The third-order valence-corrected chi connectivity index (χ3v) is 4.27. The van der Waals surface area contributed by atoms with Crippen LogP contribution in [0, 0.1) is 0 Å². The average Bonchev–Trinajstić information content (AvgIpc) is 3.07. The maximum atomic E-state index is 11.8. The van der Waals surface area contributed by atoms with E-state index in [0.29, 0.717) is 19.0 Å². The van der Waals surface area contributed by atoms with Gasteiger partial charge in [-0.25, -0.2) is 4.79 Å². The number of hydrogen-bond acceptors (Lipinski definition) is 3. The quantitative estimate of drug-likeness (QED) is 0.700. The van der Waals surface area contributed by atoms with E-state index in [4.69, 9.17) is 5.11 Å². The zero-order valence-corrected chi connectivity index (χ0v) is 13.3. The van der Waals surface area contributed by atoms with Gasteiger partial charge < -0.3 is 15.7 Å². The van der Waals surface area contributed by atoms with Crippen LogP contribution in [-0.4, -0.2) is 24.3 Å². The largest absolute Gasteiger partial charge is 0.396 e. The Hall–Kier alpha value is -1.85. The predicted octanol–water partition coefficient (Wildman–Crippen LogP) is 3.10. The van der Waals surface area contributed by atoms with Gasteiger partial charge in [-0.05, 0) is 46.7 Å². The molecule has 22 heavy (non-hydrogen) atoms. The van der Waals surface area contributed by atoms with Crippen molar-refractivity contribution in [3.63, 3.8) is 0 Å². The van der Waals surface area contributed by atoms with Crippen molar-refractivity contribution >= 4 is 17.4 Å². The summed E-state index contributed by atoms with van der Waals surface area (Å²) in [6.07, 6.45) is 1.56. The highest BCUT2D eigenvalue weighted by Gasteiger charge is 2.12. The molecule has 0 aliphatic heterocycles. The Morgan fingerprint density at radius 3 is 2.64 bits per heavy atom. The van der Waals surface area contributed by atoms with Gasteiger partial charge in [-0.3, -0.25) is 0 Å². The average molecular weight is 318 g/mol. The predicted molar refractivity (Wildman–Crippen MR) is 90.1 cm³/mol. The Morgan fingerprint density at radius 1 is 1.14 bits per heavy atom. The molecule has 3 N–H and O–H groups in total. The molecule has 2 amide bonds. The monoisotopic (exact) mass is 318 g/mol. The number of carbonyl (C=O) groups is 1. The van der Waals surface area contributed by atoms with Gasteiger partial charge in [0.2, 0.25) is 0 Å². The van der Waals surface area contributed by atoms with E-state index in [2.05, 4.69) is 22.1 Å². The highest BCUT2D eigenvalue weighted by Crippen LogP contribution is 2.24. The maximum absolute atomic E-state index is 11.8. The van der Waals surface area contributed by atoms with E-state index in [0.717, 1.165) is 18.4 Å². The minimum atomic E-state index is -0.156. The second-order valence-electron chi connectivity index (χ2n) is 5.15. The second-order valence-corrected chi connectivity index (χ2v) is 5.93. The van der Waals surface area contributed by atoms with Gasteiger partial charge in [0.05, 0.1) is 0 Å². The first-order valence-electron chi connectivity index (χ1n) is 7.48. The molecule has 0 spiro atoms. The van der Waals surface area contributed by atoms with E-state index in [-0.39, 0.29) is 12.6 Å². The molecule has 2 aromatic rings. The van der Waals surface area contributed by atoms with Crippen molar-refractivity contribution in [1.82, 2.24) is 10.6 Å². The number of nitrogens with one attached hydrogen (secondary N) is 2. The zero-order valence-electron chi connectivity index (χ0n) is 12.5. The van der Waals surface area contributed by atoms with Crippen LogP contribution in [-0.2, 0) is 6.54 Å². The van der Waals surface area contributed by atoms with Gasteiger partial charge in [0, 0.05) is 19.7 Å². The van der Waals surface area contributed by atoms with E-state index in [1.807, 2.05) is 35.7 Å². The molecule has 4 nitrogen and oxygen atoms in total. The molecule has 0 fully saturated rings. The van der Waals surface area contributed by atoms with Crippen LogP contribution >= 0.6 is 11.3 Å². The highest BCUT2D eigenvalue weighted by molar-refractivity contribution is 7.07. The zero-order chi connectivity index (χ0) is 15.6. The summed E-state index contributed by atoms with van der Waals surface area (Å²) in [4.78, 5) is 11.8. The first kappa shape index (κ1) is 16.5. The Morgan fingerprint density at radius 2 is 1.95 bits per heavy atom. The van der Waals surface area contributed by atoms with Crippen molar-refractivity contribution < 1.29 is 9.90 Å². The van der Waals surface area contributed by atoms with Crippen LogP contribution in [0.15, 0.2) is 47.2 Å². The van der Waals surface area contributed by atoms with Gasteiger partial charge in [-0.2, -0.15) is 11.3 Å². The number of amides is 2. The highest BCUT2D eigenvalue weighted by atomic mass is 32.1. The number of rotatable bonds is 8. The molecule has 1 aromatic heterocycles. The molecule has 0 radical (unpaired) electrons. The minimum Gasteiger partial charge on any atom is -0.396 e. The molecule has 2 rings (SSSR count). The Balaban J connectivity index is 1.69. The molecule has 1 aromatic carbocycles. The summed E-state index contributed by atoms with van der Waals surface area (Å²) < 4.78 is 0. The normalized spacial score (nSPS) is 11.9. The van der Waals surface area contributed by atoms with Crippen LogP contribution in [0.1, 0.15) is 29.9 Å². The van der Waals surface area contributed by atoms with E-state index in [9.17, 15) is 4.79 Å². The Kier molecular flexibility index (Phi) is 6.93. The lowest BCUT2D eigenvalue weighted by Crippen LogP contribution is -2.36. The summed E-state index contributed by atoms with van der Waals surface area (Å²) in [5.74, 6) is 0.297.